The van der Waals surface area contributed by atoms with Gasteiger partial charge >= 0.3 is 6.03 Å². The number of hydrogen-bond donors (Lipinski definition) is 3. The maximum Gasteiger partial charge on any atom is 0.317 e. The summed E-state index contributed by atoms with van der Waals surface area (Å²) in [5.41, 5.74) is 5.39. The van der Waals surface area contributed by atoms with Gasteiger partial charge in [-0.05, 0) is 19.8 Å². The first-order valence-electron chi connectivity index (χ1n) is 5.68. The third-order valence-electron chi connectivity index (χ3n) is 2.79. The zero-order valence-corrected chi connectivity index (χ0v) is 9.65. The average molecular weight is 228 g/mol. The molecule has 0 radical (unpaired) electrons. The van der Waals surface area contributed by atoms with Crippen molar-refractivity contribution in [2.24, 2.45) is 10.9 Å². The second kappa shape index (κ2) is 6.19. The minimum atomic E-state index is -0.444. The highest BCUT2D eigenvalue weighted by Gasteiger charge is 2.18. The summed E-state index contributed by atoms with van der Waals surface area (Å²) in [5.74, 6) is 0.0168. The number of oxime groups is 1. The van der Waals surface area contributed by atoms with Crippen LogP contribution in [0.15, 0.2) is 5.16 Å². The van der Waals surface area contributed by atoms with Crippen LogP contribution in [0.2, 0.25) is 0 Å². The number of nitrogens with zero attached hydrogens (tertiary/aromatic N) is 2. The summed E-state index contributed by atoms with van der Waals surface area (Å²) in [6.07, 6.45) is 4.45. The normalized spacial score (nSPS) is 20.1. The first-order chi connectivity index (χ1) is 7.65. The van der Waals surface area contributed by atoms with E-state index in [0.717, 1.165) is 25.9 Å². The van der Waals surface area contributed by atoms with Gasteiger partial charge in [0.1, 0.15) is 0 Å². The number of likely N-dealkylation sites (tertiary alicyclic amines) is 1. The van der Waals surface area contributed by atoms with Crippen LogP contribution in [0.3, 0.4) is 0 Å². The molecule has 0 aromatic carbocycles. The number of hydrogen-bond acceptors (Lipinski definition) is 3. The molecule has 16 heavy (non-hydrogen) atoms. The van der Waals surface area contributed by atoms with Crippen LogP contribution < -0.4 is 11.1 Å². The molecule has 6 nitrogen and oxygen atoms in total. The zero-order valence-electron chi connectivity index (χ0n) is 9.65. The monoisotopic (exact) mass is 228 g/mol. The van der Waals surface area contributed by atoms with Gasteiger partial charge in [-0.2, -0.15) is 0 Å². The van der Waals surface area contributed by atoms with Crippen molar-refractivity contribution in [2.45, 2.75) is 38.6 Å². The van der Waals surface area contributed by atoms with E-state index in [1.54, 1.807) is 11.8 Å². The Morgan fingerprint density at radius 3 is 2.44 bits per heavy atom. The lowest BCUT2D eigenvalue weighted by atomic mass is 10.2. The summed E-state index contributed by atoms with van der Waals surface area (Å²) in [7, 11) is 0. The smallest absolute Gasteiger partial charge is 0.317 e. The third kappa shape index (κ3) is 3.60. The van der Waals surface area contributed by atoms with Gasteiger partial charge in [-0.1, -0.05) is 18.0 Å². The molecule has 1 unspecified atom stereocenters. The molecule has 92 valence electrons. The predicted molar refractivity (Wildman–Crippen MR) is 61.4 cm³/mol. The van der Waals surface area contributed by atoms with Gasteiger partial charge in [-0.15, -0.1) is 0 Å². The number of rotatable bonds is 2. The van der Waals surface area contributed by atoms with Crippen molar-refractivity contribution in [3.05, 3.63) is 0 Å². The highest BCUT2D eigenvalue weighted by molar-refractivity contribution is 5.89. The van der Waals surface area contributed by atoms with Gasteiger partial charge in [0.05, 0.1) is 6.04 Å². The predicted octanol–water partition coefficient (Wildman–Crippen LogP) is 0.707. The second-order valence-corrected chi connectivity index (χ2v) is 4.10. The number of carbonyl (C=O) groups is 1. The van der Waals surface area contributed by atoms with E-state index in [9.17, 15) is 4.79 Å². The molecular weight excluding hydrogens is 208 g/mol. The van der Waals surface area contributed by atoms with E-state index < -0.39 is 6.04 Å². The lowest BCUT2D eigenvalue weighted by molar-refractivity contribution is 0.198. The fourth-order valence-electron chi connectivity index (χ4n) is 1.71. The first-order valence-corrected chi connectivity index (χ1v) is 5.68. The van der Waals surface area contributed by atoms with Gasteiger partial charge in [-0.3, -0.25) is 0 Å². The maximum atomic E-state index is 11.8. The van der Waals surface area contributed by atoms with Crippen molar-refractivity contribution in [3.63, 3.8) is 0 Å². The minimum Gasteiger partial charge on any atom is -0.409 e. The number of urea groups is 1. The van der Waals surface area contributed by atoms with Gasteiger partial charge in [0, 0.05) is 13.1 Å². The van der Waals surface area contributed by atoms with E-state index in [2.05, 4.69) is 10.5 Å². The van der Waals surface area contributed by atoms with Crippen molar-refractivity contribution in [2.75, 3.05) is 13.1 Å². The van der Waals surface area contributed by atoms with Gasteiger partial charge in [0.2, 0.25) is 0 Å². The molecule has 1 aliphatic heterocycles. The van der Waals surface area contributed by atoms with E-state index in [-0.39, 0.29) is 11.9 Å². The Kier molecular flexibility index (Phi) is 4.88. The molecule has 0 spiro atoms. The lowest BCUT2D eigenvalue weighted by Crippen LogP contribution is -2.48. The largest absolute Gasteiger partial charge is 0.409 e. The Morgan fingerprint density at radius 1 is 1.38 bits per heavy atom. The van der Waals surface area contributed by atoms with Crippen LogP contribution in [-0.4, -0.2) is 41.1 Å². The van der Waals surface area contributed by atoms with Crippen LogP contribution in [0.1, 0.15) is 32.6 Å². The van der Waals surface area contributed by atoms with Crippen molar-refractivity contribution in [1.29, 1.82) is 0 Å². The van der Waals surface area contributed by atoms with Crippen LogP contribution >= 0.6 is 0 Å². The molecule has 1 fully saturated rings. The summed E-state index contributed by atoms with van der Waals surface area (Å²) in [6, 6.07) is -0.582. The van der Waals surface area contributed by atoms with E-state index in [4.69, 9.17) is 10.9 Å². The highest BCUT2D eigenvalue weighted by atomic mass is 16.4. The van der Waals surface area contributed by atoms with E-state index in [0.29, 0.717) is 0 Å². The van der Waals surface area contributed by atoms with Crippen LogP contribution in [0.25, 0.3) is 0 Å². The van der Waals surface area contributed by atoms with Gasteiger partial charge in [0.15, 0.2) is 5.84 Å². The Morgan fingerprint density at radius 2 is 1.94 bits per heavy atom. The maximum absolute atomic E-state index is 11.8. The van der Waals surface area contributed by atoms with Crippen molar-refractivity contribution in [3.8, 4) is 0 Å². The number of carbonyl (C=O) groups excluding carboxylic acids is 1. The summed E-state index contributed by atoms with van der Waals surface area (Å²) in [4.78, 5) is 13.6. The summed E-state index contributed by atoms with van der Waals surface area (Å²) in [6.45, 7) is 3.26. The van der Waals surface area contributed by atoms with Crippen molar-refractivity contribution in [1.82, 2.24) is 10.2 Å². The van der Waals surface area contributed by atoms with Gasteiger partial charge < -0.3 is 21.2 Å². The molecule has 4 N–H and O–H groups in total. The molecule has 1 atom stereocenters. The van der Waals surface area contributed by atoms with E-state index in [1.807, 2.05) is 0 Å². The molecular formula is C10H20N4O2. The summed E-state index contributed by atoms with van der Waals surface area (Å²) < 4.78 is 0. The number of amidine groups is 1. The van der Waals surface area contributed by atoms with E-state index >= 15 is 0 Å². The van der Waals surface area contributed by atoms with Crippen molar-refractivity contribution < 1.29 is 10.0 Å². The van der Waals surface area contributed by atoms with Crippen LogP contribution in [-0.2, 0) is 0 Å². The standard InChI is InChI=1S/C10H20N4O2/c1-8(9(11)13-16)12-10(15)14-6-4-2-3-5-7-14/h8,16H,2-7H2,1H3,(H2,11,13)(H,12,15). The first kappa shape index (κ1) is 12.6. The summed E-state index contributed by atoms with van der Waals surface area (Å²) >= 11 is 0. The quantitative estimate of drug-likeness (QED) is 0.281. The highest BCUT2D eigenvalue weighted by Crippen LogP contribution is 2.09. The number of amides is 2. The van der Waals surface area contributed by atoms with Crippen LogP contribution in [0.4, 0.5) is 4.79 Å². The van der Waals surface area contributed by atoms with Gasteiger partial charge in [-0.25, -0.2) is 4.79 Å². The second-order valence-electron chi connectivity index (χ2n) is 4.10. The SMILES string of the molecule is CC(NC(=O)N1CCCCCC1)C(N)=NO. The Bertz CT molecular complexity index is 260. The Labute approximate surface area is 95.5 Å². The van der Waals surface area contributed by atoms with Crippen LogP contribution in [0, 0.1) is 0 Å². The molecule has 0 bridgehead atoms. The molecule has 6 heteroatoms. The minimum absolute atomic E-state index is 0.0168. The summed E-state index contributed by atoms with van der Waals surface area (Å²) in [5, 5.41) is 14.0. The molecule has 1 aliphatic rings. The Balaban J connectivity index is 2.44. The molecule has 1 rings (SSSR count). The molecule has 2 amide bonds. The number of nitrogens with one attached hydrogen (secondary N) is 1. The fourth-order valence-corrected chi connectivity index (χ4v) is 1.71. The van der Waals surface area contributed by atoms with Gasteiger partial charge in [0.25, 0.3) is 0 Å². The number of nitrogens with two attached hydrogens (primary N) is 1. The fraction of sp³-hybridized carbons (Fsp3) is 0.800. The zero-order chi connectivity index (χ0) is 12.0. The van der Waals surface area contributed by atoms with Crippen LogP contribution in [0.5, 0.6) is 0 Å². The van der Waals surface area contributed by atoms with E-state index in [1.165, 1.54) is 12.8 Å². The molecule has 1 saturated heterocycles. The molecule has 0 saturated carbocycles. The molecule has 1 heterocycles. The average Bonchev–Trinajstić information content (AvgIpc) is 2.56. The Hall–Kier alpha value is -1.46. The third-order valence-corrected chi connectivity index (χ3v) is 2.79. The van der Waals surface area contributed by atoms with Crippen molar-refractivity contribution >= 4 is 11.9 Å². The molecule has 0 aromatic heterocycles. The molecule has 0 aromatic rings. The lowest BCUT2D eigenvalue weighted by Gasteiger charge is -2.23. The molecule has 0 aliphatic carbocycles. The topological polar surface area (TPSA) is 91.0 Å².